The Hall–Kier alpha value is -2.53. The number of halogens is 1. The molecule has 3 fully saturated rings. The molecule has 10 heteroatoms. The highest BCUT2D eigenvalue weighted by Gasteiger charge is 2.44. The molecule has 4 unspecified atom stereocenters. The van der Waals surface area contributed by atoms with Gasteiger partial charge in [-0.1, -0.05) is 13.8 Å². The first-order chi connectivity index (χ1) is 18.8. The Kier molecular flexibility index (Phi) is 7.16. The summed E-state index contributed by atoms with van der Waals surface area (Å²) in [4.78, 5) is 28.5. The first-order valence-corrected chi connectivity index (χ1v) is 14.6. The fourth-order valence-corrected chi connectivity index (χ4v) is 7.21. The molecule has 4 N–H and O–H groups in total. The summed E-state index contributed by atoms with van der Waals surface area (Å²) in [6, 6.07) is 3.76. The number of likely N-dealkylation sites (tertiary alicyclic amines) is 1. The Labute approximate surface area is 230 Å². The van der Waals surface area contributed by atoms with Crippen LogP contribution in [-0.2, 0) is 24.2 Å². The zero-order chi connectivity index (χ0) is 27.4. The Morgan fingerprint density at radius 3 is 2.72 bits per heavy atom. The SMILES string of the molecule is CCc1cc(O)c(F)cc1C1CCC2C(C1)NNC2c1nc2c([nH]1)CN(CC)[C@H](C(=O)N1CC(N(C)C)C1)C2. The monoisotopic (exact) mass is 539 g/mol. The van der Waals surface area contributed by atoms with E-state index in [0.717, 1.165) is 73.7 Å². The van der Waals surface area contributed by atoms with Crippen molar-refractivity contribution >= 4 is 5.91 Å². The van der Waals surface area contributed by atoms with Crippen molar-refractivity contribution in [1.82, 2.24) is 35.5 Å². The molecule has 2 saturated heterocycles. The lowest BCUT2D eigenvalue weighted by atomic mass is 9.73. The Morgan fingerprint density at radius 1 is 1.21 bits per heavy atom. The second kappa shape index (κ2) is 10.5. The molecule has 39 heavy (non-hydrogen) atoms. The molecular formula is C29H42FN7O2. The van der Waals surface area contributed by atoms with Crippen LogP contribution in [0.15, 0.2) is 12.1 Å². The maximum Gasteiger partial charge on any atom is 0.240 e. The molecule has 1 aromatic carbocycles. The third-order valence-corrected chi connectivity index (χ3v) is 9.75. The number of aromatic amines is 1. The highest BCUT2D eigenvalue weighted by molar-refractivity contribution is 5.83. The zero-order valence-electron chi connectivity index (χ0n) is 23.5. The summed E-state index contributed by atoms with van der Waals surface area (Å²) in [5, 5.41) is 9.85. The van der Waals surface area contributed by atoms with Crippen LogP contribution in [0.2, 0.25) is 0 Å². The van der Waals surface area contributed by atoms with E-state index in [-0.39, 0.29) is 35.7 Å². The number of amides is 1. The van der Waals surface area contributed by atoms with E-state index in [9.17, 15) is 14.3 Å². The van der Waals surface area contributed by atoms with Crippen LogP contribution in [0.1, 0.15) is 73.4 Å². The van der Waals surface area contributed by atoms with Gasteiger partial charge in [-0.2, -0.15) is 0 Å². The number of hydrogen-bond donors (Lipinski definition) is 4. The number of imidazole rings is 1. The van der Waals surface area contributed by atoms with Crippen LogP contribution in [0.5, 0.6) is 5.75 Å². The number of carbonyl (C=O) groups excluding carboxylic acids is 1. The van der Waals surface area contributed by atoms with Gasteiger partial charge >= 0.3 is 0 Å². The molecule has 1 amide bonds. The van der Waals surface area contributed by atoms with E-state index in [1.165, 1.54) is 6.07 Å². The van der Waals surface area contributed by atoms with Crippen molar-refractivity contribution in [2.75, 3.05) is 33.7 Å². The van der Waals surface area contributed by atoms with Crippen molar-refractivity contribution in [2.24, 2.45) is 5.92 Å². The van der Waals surface area contributed by atoms with Gasteiger partial charge in [0.15, 0.2) is 11.6 Å². The average Bonchev–Trinajstić information content (AvgIpc) is 3.50. The molecule has 9 nitrogen and oxygen atoms in total. The van der Waals surface area contributed by atoms with Gasteiger partial charge in [0, 0.05) is 38.1 Å². The Morgan fingerprint density at radius 2 is 2.00 bits per heavy atom. The number of nitrogens with one attached hydrogen (secondary N) is 3. The molecule has 6 rings (SSSR count). The van der Waals surface area contributed by atoms with E-state index in [0.29, 0.717) is 24.9 Å². The number of hydrazine groups is 1. The number of fused-ring (bicyclic) bond motifs is 2. The number of hydrogen-bond acceptors (Lipinski definition) is 7. The molecule has 0 radical (unpaired) electrons. The fourth-order valence-electron chi connectivity index (χ4n) is 7.21. The number of aromatic nitrogens is 2. The number of likely N-dealkylation sites (N-methyl/N-ethyl adjacent to an activating group) is 2. The number of phenolic OH excluding ortho intramolecular Hbond substituents is 1. The predicted molar refractivity (Wildman–Crippen MR) is 147 cm³/mol. The molecule has 212 valence electrons. The molecule has 2 aromatic rings. The first kappa shape index (κ1) is 26.7. The third kappa shape index (κ3) is 4.75. The molecule has 1 saturated carbocycles. The van der Waals surface area contributed by atoms with Crippen LogP contribution in [-0.4, -0.2) is 87.5 Å². The Bertz CT molecular complexity index is 1230. The maximum atomic E-state index is 14.2. The van der Waals surface area contributed by atoms with Crippen LogP contribution in [0.3, 0.4) is 0 Å². The predicted octanol–water partition coefficient (Wildman–Crippen LogP) is 2.44. The van der Waals surface area contributed by atoms with Gasteiger partial charge in [-0.15, -0.1) is 0 Å². The van der Waals surface area contributed by atoms with Crippen LogP contribution in [0.25, 0.3) is 0 Å². The van der Waals surface area contributed by atoms with Gasteiger partial charge in [0.05, 0.1) is 23.5 Å². The van der Waals surface area contributed by atoms with Gasteiger partial charge in [0.25, 0.3) is 0 Å². The van der Waals surface area contributed by atoms with Crippen LogP contribution in [0.4, 0.5) is 4.39 Å². The normalized spacial score (nSPS) is 29.4. The highest BCUT2D eigenvalue weighted by atomic mass is 19.1. The van der Waals surface area contributed by atoms with Crippen molar-refractivity contribution in [2.45, 2.75) is 82.6 Å². The van der Waals surface area contributed by atoms with Crippen LogP contribution >= 0.6 is 0 Å². The molecule has 0 spiro atoms. The van der Waals surface area contributed by atoms with E-state index in [1.807, 2.05) is 11.8 Å². The minimum atomic E-state index is -0.537. The lowest BCUT2D eigenvalue weighted by Crippen LogP contribution is -2.63. The second-order valence-electron chi connectivity index (χ2n) is 12.1. The van der Waals surface area contributed by atoms with Crippen molar-refractivity contribution < 1.29 is 14.3 Å². The third-order valence-electron chi connectivity index (χ3n) is 9.75. The van der Waals surface area contributed by atoms with Gasteiger partial charge in [-0.25, -0.2) is 14.8 Å². The molecule has 4 aliphatic rings. The lowest BCUT2D eigenvalue weighted by Gasteiger charge is -2.46. The second-order valence-corrected chi connectivity index (χ2v) is 12.1. The van der Waals surface area contributed by atoms with Gasteiger partial charge in [0.2, 0.25) is 5.91 Å². The number of phenols is 1. The molecule has 1 aromatic heterocycles. The average molecular weight is 540 g/mol. The molecular weight excluding hydrogens is 497 g/mol. The number of H-pyrrole nitrogens is 1. The van der Waals surface area contributed by atoms with Gasteiger partial charge in [-0.3, -0.25) is 15.1 Å². The number of benzene rings is 1. The van der Waals surface area contributed by atoms with Crippen molar-refractivity contribution in [3.63, 3.8) is 0 Å². The number of nitrogens with zero attached hydrogens (tertiary/aromatic N) is 4. The molecule has 4 heterocycles. The molecule has 3 aliphatic heterocycles. The minimum Gasteiger partial charge on any atom is -0.505 e. The van der Waals surface area contributed by atoms with E-state index in [2.05, 4.69) is 46.7 Å². The number of carbonyl (C=O) groups is 1. The summed E-state index contributed by atoms with van der Waals surface area (Å²) >= 11 is 0. The zero-order valence-corrected chi connectivity index (χ0v) is 23.5. The summed E-state index contributed by atoms with van der Waals surface area (Å²) in [5.74, 6) is 1.01. The molecule has 0 bridgehead atoms. The molecule has 1 aliphatic carbocycles. The van der Waals surface area contributed by atoms with Crippen LogP contribution in [0, 0.1) is 11.7 Å². The number of rotatable bonds is 6. The summed E-state index contributed by atoms with van der Waals surface area (Å²) in [6.07, 6.45) is 4.30. The standard InChI is InChI=1S/C29H42FN7O2/c1-5-16-10-26(38)21(30)11-20(16)17-7-8-19-22(9-17)33-34-27(19)28-31-23-12-25(36(6-2)15-24(23)32-28)29(39)37-13-18(14-37)35(3)4/h10-11,17-19,22,25,27,33-34,38H,5-9,12-15H2,1-4H3,(H,31,32)/t17?,19?,22?,25-,27?/m0/s1. The number of aromatic hydroxyl groups is 1. The van der Waals surface area contributed by atoms with E-state index >= 15 is 0 Å². The topological polar surface area (TPSA) is 99.8 Å². The summed E-state index contributed by atoms with van der Waals surface area (Å²) in [6.45, 7) is 7.31. The lowest BCUT2D eigenvalue weighted by molar-refractivity contribution is -0.144. The smallest absolute Gasteiger partial charge is 0.240 e. The van der Waals surface area contributed by atoms with Gasteiger partial charge < -0.3 is 19.9 Å². The summed E-state index contributed by atoms with van der Waals surface area (Å²) < 4.78 is 14.2. The largest absolute Gasteiger partial charge is 0.505 e. The fraction of sp³-hybridized carbons (Fsp3) is 0.655. The van der Waals surface area contributed by atoms with Gasteiger partial charge in [0.1, 0.15) is 5.82 Å². The minimum absolute atomic E-state index is 0.0733. The van der Waals surface area contributed by atoms with Gasteiger partial charge in [-0.05, 0) is 81.4 Å². The van der Waals surface area contributed by atoms with Crippen molar-refractivity contribution in [3.8, 4) is 5.75 Å². The summed E-state index contributed by atoms with van der Waals surface area (Å²) in [7, 11) is 4.14. The quantitative estimate of drug-likeness (QED) is 0.448. The van der Waals surface area contributed by atoms with Crippen molar-refractivity contribution in [1.29, 1.82) is 0 Å². The Balaban J connectivity index is 1.14. The summed E-state index contributed by atoms with van der Waals surface area (Å²) in [5.41, 5.74) is 11.2. The number of aryl methyl sites for hydroxylation is 1. The van der Waals surface area contributed by atoms with E-state index in [1.54, 1.807) is 6.07 Å². The van der Waals surface area contributed by atoms with Crippen LogP contribution < -0.4 is 10.9 Å². The maximum absolute atomic E-state index is 14.2. The highest BCUT2D eigenvalue weighted by Crippen LogP contribution is 2.44. The van der Waals surface area contributed by atoms with Crippen molar-refractivity contribution in [3.05, 3.63) is 46.3 Å². The molecule has 5 atom stereocenters. The van der Waals surface area contributed by atoms with E-state index < -0.39 is 5.82 Å². The first-order valence-electron chi connectivity index (χ1n) is 14.6. The van der Waals surface area contributed by atoms with E-state index in [4.69, 9.17) is 4.98 Å².